The Balaban J connectivity index is 1.60. The van der Waals surface area contributed by atoms with Crippen molar-refractivity contribution in [2.24, 2.45) is 0 Å². The number of halogens is 1. The summed E-state index contributed by atoms with van der Waals surface area (Å²) < 4.78 is 15.2. The molecule has 5 aromatic rings. The number of hydrogen-bond donors (Lipinski definition) is 1. The van der Waals surface area contributed by atoms with Crippen LogP contribution < -0.4 is 5.73 Å². The summed E-state index contributed by atoms with van der Waals surface area (Å²) in [6.07, 6.45) is 3.01. The second-order valence-electron chi connectivity index (χ2n) is 7.11. The van der Waals surface area contributed by atoms with Gasteiger partial charge in [0.1, 0.15) is 18.0 Å². The third-order valence-electron chi connectivity index (χ3n) is 5.15. The lowest BCUT2D eigenvalue weighted by Crippen LogP contribution is -2.01. The Hall–Kier alpha value is -4.40. The molecule has 0 fully saturated rings. The molecule has 0 radical (unpaired) electrons. The molecule has 2 heterocycles. The maximum Gasteiger partial charge on any atom is 0.278 e. The Morgan fingerprint density at radius 3 is 2.77 bits per heavy atom. The van der Waals surface area contributed by atoms with Crippen LogP contribution in [0.3, 0.4) is 0 Å². The van der Waals surface area contributed by atoms with Crippen molar-refractivity contribution in [3.8, 4) is 11.1 Å². The third-order valence-corrected chi connectivity index (χ3v) is 5.15. The van der Waals surface area contributed by atoms with Gasteiger partial charge in [-0.2, -0.15) is 5.10 Å². The zero-order valence-corrected chi connectivity index (χ0v) is 16.1. The first-order valence-corrected chi connectivity index (χ1v) is 9.38. The molecule has 0 saturated carbocycles. The lowest BCUT2D eigenvalue weighted by molar-refractivity contribution is -0.384. The van der Waals surface area contributed by atoms with Crippen LogP contribution in [0.2, 0.25) is 0 Å². The highest BCUT2D eigenvalue weighted by Crippen LogP contribution is 2.36. The van der Waals surface area contributed by atoms with E-state index in [1.165, 1.54) is 24.5 Å². The fraction of sp³-hybridized carbons (Fsp3) is 0.0455. The highest BCUT2D eigenvalue weighted by molar-refractivity contribution is 5.96. The molecule has 0 amide bonds. The van der Waals surface area contributed by atoms with Gasteiger partial charge in [0.15, 0.2) is 0 Å². The molecule has 5 rings (SSSR count). The average molecular weight is 414 g/mol. The van der Waals surface area contributed by atoms with Crippen molar-refractivity contribution in [3.05, 3.63) is 88.6 Å². The van der Waals surface area contributed by atoms with Gasteiger partial charge in [-0.05, 0) is 41.5 Å². The minimum Gasteiger partial charge on any atom is -0.383 e. The van der Waals surface area contributed by atoms with Crippen molar-refractivity contribution < 1.29 is 9.31 Å². The van der Waals surface area contributed by atoms with Crippen LogP contribution in [0.25, 0.3) is 32.9 Å². The number of anilines is 1. The van der Waals surface area contributed by atoms with Crippen LogP contribution in [0.5, 0.6) is 0 Å². The molecule has 8 nitrogen and oxygen atoms in total. The standard InChI is InChI=1S/C22H15FN6O2/c23-16-3-1-2-13(6-16)11-28-20-5-4-14(7-15(20)10-27-28)17-8-19-18(9-21(17)29(30)31)22(24)26-12-25-19/h1-10,12H,11H2,(H2,24,25,26). The van der Waals surface area contributed by atoms with Crippen molar-refractivity contribution >= 4 is 33.3 Å². The molecule has 0 bridgehead atoms. The van der Waals surface area contributed by atoms with Crippen LogP contribution in [0, 0.1) is 15.9 Å². The van der Waals surface area contributed by atoms with Gasteiger partial charge in [-0.1, -0.05) is 18.2 Å². The fourth-order valence-corrected chi connectivity index (χ4v) is 3.68. The Morgan fingerprint density at radius 1 is 1.10 bits per heavy atom. The van der Waals surface area contributed by atoms with E-state index in [1.807, 2.05) is 18.2 Å². The monoisotopic (exact) mass is 414 g/mol. The average Bonchev–Trinajstić information content (AvgIpc) is 3.15. The first kappa shape index (κ1) is 18.6. The molecular weight excluding hydrogens is 399 g/mol. The quantitative estimate of drug-likeness (QED) is 0.346. The number of nitrogens with two attached hydrogens (primary N) is 1. The molecule has 2 N–H and O–H groups in total. The van der Waals surface area contributed by atoms with E-state index < -0.39 is 4.92 Å². The lowest BCUT2D eigenvalue weighted by atomic mass is 10.00. The SMILES string of the molecule is Nc1ncnc2cc(-c3ccc4c(cnn4Cc4cccc(F)c4)c3)c([N+](=O)[O-])cc12. The summed E-state index contributed by atoms with van der Waals surface area (Å²) in [5.74, 6) is -0.113. The number of fused-ring (bicyclic) bond motifs is 2. The summed E-state index contributed by atoms with van der Waals surface area (Å²) >= 11 is 0. The minimum absolute atomic E-state index is 0.0829. The molecule has 2 aromatic heterocycles. The number of nitrogens with zero attached hydrogens (tertiary/aromatic N) is 5. The van der Waals surface area contributed by atoms with Crippen molar-refractivity contribution in [3.63, 3.8) is 0 Å². The normalized spacial score (nSPS) is 11.3. The van der Waals surface area contributed by atoms with Crippen LogP contribution in [-0.4, -0.2) is 24.7 Å². The van der Waals surface area contributed by atoms with Gasteiger partial charge in [0.2, 0.25) is 0 Å². The maximum absolute atomic E-state index is 13.5. The van der Waals surface area contributed by atoms with Crippen molar-refractivity contribution in [2.45, 2.75) is 6.54 Å². The Kier molecular flexibility index (Phi) is 4.28. The van der Waals surface area contributed by atoms with Crippen LogP contribution in [0.15, 0.2) is 67.1 Å². The third kappa shape index (κ3) is 3.31. The number of hydrogen-bond acceptors (Lipinski definition) is 6. The van der Waals surface area contributed by atoms with E-state index >= 15 is 0 Å². The van der Waals surface area contributed by atoms with Gasteiger partial charge in [-0.25, -0.2) is 14.4 Å². The Bertz CT molecular complexity index is 1480. The molecule has 0 spiro atoms. The van der Waals surface area contributed by atoms with Gasteiger partial charge in [-0.15, -0.1) is 0 Å². The predicted molar refractivity (Wildman–Crippen MR) is 115 cm³/mol. The van der Waals surface area contributed by atoms with Crippen LogP contribution >= 0.6 is 0 Å². The first-order chi connectivity index (χ1) is 15.0. The van der Waals surface area contributed by atoms with E-state index in [-0.39, 0.29) is 17.3 Å². The Morgan fingerprint density at radius 2 is 1.97 bits per heavy atom. The smallest absolute Gasteiger partial charge is 0.278 e. The second kappa shape index (κ2) is 7.13. The summed E-state index contributed by atoms with van der Waals surface area (Å²) in [7, 11) is 0. The van der Waals surface area contributed by atoms with Gasteiger partial charge in [0.05, 0.1) is 34.3 Å². The van der Waals surface area contributed by atoms with Crippen LogP contribution in [0.1, 0.15) is 5.56 Å². The summed E-state index contributed by atoms with van der Waals surface area (Å²) in [6.45, 7) is 0.410. The molecule has 152 valence electrons. The van der Waals surface area contributed by atoms with Gasteiger partial charge in [-0.3, -0.25) is 14.8 Å². The number of nitro groups is 1. The molecular formula is C22H15FN6O2. The van der Waals surface area contributed by atoms with E-state index in [0.717, 1.165) is 16.5 Å². The van der Waals surface area contributed by atoms with Gasteiger partial charge in [0.25, 0.3) is 5.69 Å². The summed E-state index contributed by atoms with van der Waals surface area (Å²) in [6, 6.07) is 14.9. The first-order valence-electron chi connectivity index (χ1n) is 9.38. The lowest BCUT2D eigenvalue weighted by Gasteiger charge is -2.08. The van der Waals surface area contributed by atoms with Crippen LogP contribution in [-0.2, 0) is 6.54 Å². The van der Waals surface area contributed by atoms with Gasteiger partial charge in [0, 0.05) is 16.8 Å². The van der Waals surface area contributed by atoms with Gasteiger partial charge >= 0.3 is 0 Å². The predicted octanol–water partition coefficient (Wildman–Crippen LogP) is 4.32. The number of aromatic nitrogens is 4. The van der Waals surface area contributed by atoms with E-state index in [0.29, 0.717) is 28.6 Å². The molecule has 0 aliphatic rings. The minimum atomic E-state index is -0.446. The number of nitrogen functional groups attached to an aromatic ring is 1. The van der Waals surface area contributed by atoms with E-state index in [1.54, 1.807) is 29.1 Å². The number of nitro benzene ring substituents is 1. The highest BCUT2D eigenvalue weighted by Gasteiger charge is 2.19. The highest BCUT2D eigenvalue weighted by atomic mass is 19.1. The van der Waals surface area contributed by atoms with E-state index in [4.69, 9.17) is 5.73 Å². The zero-order valence-electron chi connectivity index (χ0n) is 16.1. The van der Waals surface area contributed by atoms with Gasteiger partial charge < -0.3 is 5.73 Å². The molecule has 0 aliphatic heterocycles. The molecule has 0 saturated heterocycles. The molecule has 0 aliphatic carbocycles. The molecule has 31 heavy (non-hydrogen) atoms. The summed E-state index contributed by atoms with van der Waals surface area (Å²) in [4.78, 5) is 19.4. The van der Waals surface area contributed by atoms with Crippen LogP contribution in [0.4, 0.5) is 15.9 Å². The fourth-order valence-electron chi connectivity index (χ4n) is 3.68. The zero-order chi connectivity index (χ0) is 21.5. The molecule has 0 atom stereocenters. The van der Waals surface area contributed by atoms with Crippen molar-refractivity contribution in [1.82, 2.24) is 19.7 Å². The summed E-state index contributed by atoms with van der Waals surface area (Å²) in [5, 5.41) is 17.4. The van der Waals surface area contributed by atoms with Crippen molar-refractivity contribution in [2.75, 3.05) is 5.73 Å². The van der Waals surface area contributed by atoms with E-state index in [9.17, 15) is 14.5 Å². The Labute approximate surface area is 174 Å². The molecule has 3 aromatic carbocycles. The topological polar surface area (TPSA) is 113 Å². The second-order valence-corrected chi connectivity index (χ2v) is 7.11. The maximum atomic E-state index is 13.5. The largest absolute Gasteiger partial charge is 0.383 e. The van der Waals surface area contributed by atoms with E-state index in [2.05, 4.69) is 15.1 Å². The molecule has 0 unspecified atom stereocenters. The van der Waals surface area contributed by atoms with Crippen molar-refractivity contribution in [1.29, 1.82) is 0 Å². The number of rotatable bonds is 4. The molecule has 9 heteroatoms. The number of benzene rings is 3. The summed E-state index contributed by atoms with van der Waals surface area (Å²) in [5.41, 5.74) is 9.00.